The summed E-state index contributed by atoms with van der Waals surface area (Å²) in [6.07, 6.45) is 0.0551. The second-order valence-electron chi connectivity index (χ2n) is 4.12. The van der Waals surface area contributed by atoms with Crippen molar-refractivity contribution < 1.29 is 19.4 Å². The molecule has 0 spiro atoms. The molecule has 5 nitrogen and oxygen atoms in total. The van der Waals surface area contributed by atoms with Crippen LogP contribution in [0.3, 0.4) is 0 Å². The molecule has 0 saturated carbocycles. The largest absolute Gasteiger partial charge is 0.463 e. The van der Waals surface area contributed by atoms with Crippen LogP contribution in [0.5, 0.6) is 0 Å². The predicted molar refractivity (Wildman–Crippen MR) is 65.0 cm³/mol. The third-order valence-corrected chi connectivity index (χ3v) is 2.98. The van der Waals surface area contributed by atoms with E-state index in [1.165, 1.54) is 4.90 Å². The van der Waals surface area contributed by atoms with Crippen LogP contribution in [-0.4, -0.2) is 35.7 Å². The monoisotopic (exact) mass is 249 g/mol. The van der Waals surface area contributed by atoms with E-state index in [4.69, 9.17) is 4.74 Å². The van der Waals surface area contributed by atoms with Crippen molar-refractivity contribution in [3.63, 3.8) is 0 Å². The van der Waals surface area contributed by atoms with Crippen molar-refractivity contribution in [1.82, 2.24) is 0 Å². The number of carbonyl (C=O) groups excluding carboxylic acids is 2. The van der Waals surface area contributed by atoms with Gasteiger partial charge in [-0.15, -0.1) is 0 Å². The van der Waals surface area contributed by atoms with Gasteiger partial charge in [0.1, 0.15) is 0 Å². The Labute approximate surface area is 105 Å². The number of anilines is 1. The third-order valence-electron chi connectivity index (χ3n) is 2.98. The molecule has 1 aromatic rings. The van der Waals surface area contributed by atoms with Crippen LogP contribution >= 0.6 is 0 Å². The highest BCUT2D eigenvalue weighted by atomic mass is 16.6. The molecule has 1 N–H and O–H groups in total. The fourth-order valence-electron chi connectivity index (χ4n) is 2.00. The summed E-state index contributed by atoms with van der Waals surface area (Å²) in [4.78, 5) is 25.2. The lowest BCUT2D eigenvalue weighted by Gasteiger charge is -2.20. The molecule has 1 saturated heterocycles. The molecule has 0 bridgehead atoms. The van der Waals surface area contributed by atoms with Crippen LogP contribution < -0.4 is 4.90 Å². The Morgan fingerprint density at radius 3 is 2.72 bits per heavy atom. The number of hydrogen-bond acceptors (Lipinski definition) is 4. The average Bonchev–Trinajstić information content (AvgIpc) is 2.69. The molecule has 96 valence electrons. The Hall–Kier alpha value is -1.88. The lowest BCUT2D eigenvalue weighted by molar-refractivity contribution is -0.167. The molecule has 1 fully saturated rings. The van der Waals surface area contributed by atoms with Gasteiger partial charge in [-0.3, -0.25) is 4.79 Å². The second-order valence-corrected chi connectivity index (χ2v) is 4.12. The minimum absolute atomic E-state index is 0.0551. The molecule has 5 heteroatoms. The van der Waals surface area contributed by atoms with Crippen LogP contribution in [0.1, 0.15) is 13.3 Å². The molecule has 0 aromatic heterocycles. The van der Waals surface area contributed by atoms with Gasteiger partial charge in [-0.25, -0.2) is 4.79 Å². The van der Waals surface area contributed by atoms with Gasteiger partial charge in [-0.1, -0.05) is 18.2 Å². The molecule has 1 aliphatic heterocycles. The zero-order valence-corrected chi connectivity index (χ0v) is 10.1. The van der Waals surface area contributed by atoms with Crippen molar-refractivity contribution in [1.29, 1.82) is 0 Å². The van der Waals surface area contributed by atoms with E-state index in [0.717, 1.165) is 0 Å². The van der Waals surface area contributed by atoms with E-state index in [1.807, 2.05) is 6.07 Å². The van der Waals surface area contributed by atoms with E-state index >= 15 is 0 Å². The molecule has 2 rings (SSSR count). The van der Waals surface area contributed by atoms with Crippen molar-refractivity contribution in [3.05, 3.63) is 30.3 Å². The SMILES string of the molecule is CCOC(=O)C1(O)CCN(c2ccccc2)C1=O. The molecule has 0 aliphatic carbocycles. The van der Waals surface area contributed by atoms with Crippen molar-refractivity contribution in [3.8, 4) is 0 Å². The first-order chi connectivity index (χ1) is 8.59. The van der Waals surface area contributed by atoms with E-state index in [9.17, 15) is 14.7 Å². The van der Waals surface area contributed by atoms with Crippen molar-refractivity contribution in [2.45, 2.75) is 18.9 Å². The molecule has 1 amide bonds. The van der Waals surface area contributed by atoms with Crippen LogP contribution in [0.2, 0.25) is 0 Å². The molecular weight excluding hydrogens is 234 g/mol. The first kappa shape index (κ1) is 12.6. The molecule has 1 aliphatic rings. The van der Waals surface area contributed by atoms with Crippen LogP contribution in [0.4, 0.5) is 5.69 Å². The van der Waals surface area contributed by atoms with Gasteiger partial charge in [-0.05, 0) is 19.1 Å². The number of rotatable bonds is 3. The summed E-state index contributed by atoms with van der Waals surface area (Å²) in [5.74, 6) is -1.49. The molecule has 18 heavy (non-hydrogen) atoms. The fraction of sp³-hybridized carbons (Fsp3) is 0.385. The van der Waals surface area contributed by atoms with E-state index in [1.54, 1.807) is 31.2 Å². The van der Waals surface area contributed by atoms with Crippen LogP contribution in [-0.2, 0) is 14.3 Å². The number of esters is 1. The summed E-state index contributed by atoms with van der Waals surface area (Å²) >= 11 is 0. The van der Waals surface area contributed by atoms with E-state index in [-0.39, 0.29) is 13.0 Å². The number of para-hydroxylation sites is 1. The van der Waals surface area contributed by atoms with Gasteiger partial charge in [0.15, 0.2) is 0 Å². The Morgan fingerprint density at radius 1 is 1.44 bits per heavy atom. The van der Waals surface area contributed by atoms with Gasteiger partial charge < -0.3 is 14.7 Å². The van der Waals surface area contributed by atoms with E-state index in [0.29, 0.717) is 12.2 Å². The zero-order chi connectivity index (χ0) is 13.2. The zero-order valence-electron chi connectivity index (χ0n) is 10.1. The second kappa shape index (κ2) is 4.78. The van der Waals surface area contributed by atoms with E-state index < -0.39 is 17.5 Å². The molecule has 1 aromatic carbocycles. The number of carbonyl (C=O) groups is 2. The normalized spacial score (nSPS) is 23.2. The highest BCUT2D eigenvalue weighted by molar-refractivity contribution is 6.14. The Balaban J connectivity index is 2.22. The highest BCUT2D eigenvalue weighted by Gasteiger charge is 2.53. The summed E-state index contributed by atoms with van der Waals surface area (Å²) in [7, 11) is 0. The highest BCUT2D eigenvalue weighted by Crippen LogP contribution is 2.29. The summed E-state index contributed by atoms with van der Waals surface area (Å²) in [5, 5.41) is 10.1. The minimum Gasteiger partial charge on any atom is -0.463 e. The minimum atomic E-state index is -2.04. The maximum Gasteiger partial charge on any atom is 0.348 e. The van der Waals surface area contributed by atoms with Gasteiger partial charge in [0.25, 0.3) is 5.91 Å². The first-order valence-corrected chi connectivity index (χ1v) is 5.86. The van der Waals surface area contributed by atoms with Crippen molar-refractivity contribution in [2.24, 2.45) is 0 Å². The topological polar surface area (TPSA) is 66.8 Å². The van der Waals surface area contributed by atoms with Gasteiger partial charge >= 0.3 is 5.97 Å². The van der Waals surface area contributed by atoms with Gasteiger partial charge in [0, 0.05) is 18.7 Å². The Kier molecular flexibility index (Phi) is 3.34. The smallest absolute Gasteiger partial charge is 0.348 e. The summed E-state index contributed by atoms with van der Waals surface area (Å²) in [6, 6.07) is 8.94. The lowest BCUT2D eigenvalue weighted by atomic mass is 10.0. The fourth-order valence-corrected chi connectivity index (χ4v) is 2.00. The number of hydrogen-bond donors (Lipinski definition) is 1. The van der Waals surface area contributed by atoms with Gasteiger partial charge in [0.2, 0.25) is 5.60 Å². The molecular formula is C13H15NO4. The van der Waals surface area contributed by atoms with E-state index in [2.05, 4.69) is 0 Å². The third kappa shape index (κ3) is 1.97. The number of ether oxygens (including phenoxy) is 1. The molecule has 1 atom stereocenters. The summed E-state index contributed by atoms with van der Waals surface area (Å²) in [6.45, 7) is 2.08. The first-order valence-electron chi connectivity index (χ1n) is 5.86. The Bertz CT molecular complexity index is 459. The number of nitrogens with zero attached hydrogens (tertiary/aromatic N) is 1. The molecule has 1 unspecified atom stereocenters. The van der Waals surface area contributed by atoms with Crippen LogP contribution in [0, 0.1) is 0 Å². The number of benzene rings is 1. The average molecular weight is 249 g/mol. The van der Waals surface area contributed by atoms with Crippen molar-refractivity contribution >= 4 is 17.6 Å². The van der Waals surface area contributed by atoms with Crippen LogP contribution in [0.25, 0.3) is 0 Å². The number of aliphatic hydroxyl groups is 1. The molecule has 0 radical (unpaired) electrons. The standard InChI is InChI=1S/C13H15NO4/c1-2-18-12(16)13(17)8-9-14(11(13)15)10-6-4-3-5-7-10/h3-7,17H,2,8-9H2,1H3. The van der Waals surface area contributed by atoms with Gasteiger partial charge in [-0.2, -0.15) is 0 Å². The van der Waals surface area contributed by atoms with Crippen LogP contribution in [0.15, 0.2) is 30.3 Å². The summed E-state index contributed by atoms with van der Waals surface area (Å²) in [5.41, 5.74) is -1.37. The maximum atomic E-state index is 12.1. The number of amides is 1. The lowest BCUT2D eigenvalue weighted by Crippen LogP contribution is -2.47. The summed E-state index contributed by atoms with van der Waals surface area (Å²) < 4.78 is 4.75. The van der Waals surface area contributed by atoms with Crippen molar-refractivity contribution in [2.75, 3.05) is 18.1 Å². The van der Waals surface area contributed by atoms with Gasteiger partial charge in [0.05, 0.1) is 6.61 Å². The predicted octanol–water partition coefficient (Wildman–Crippen LogP) is 0.718. The quantitative estimate of drug-likeness (QED) is 0.633. The molecule has 1 heterocycles. The Morgan fingerprint density at radius 2 is 2.11 bits per heavy atom. The maximum absolute atomic E-state index is 12.1.